The van der Waals surface area contributed by atoms with Crippen molar-refractivity contribution in [2.75, 3.05) is 0 Å². The van der Waals surface area contributed by atoms with Gasteiger partial charge in [0.1, 0.15) is 5.82 Å². The number of carbonyl (C=O) groups is 1. The summed E-state index contributed by atoms with van der Waals surface area (Å²) >= 11 is 6.20. The van der Waals surface area contributed by atoms with E-state index < -0.39 is 0 Å². The van der Waals surface area contributed by atoms with Crippen molar-refractivity contribution < 1.29 is 4.79 Å². The molecular formula is C24H19ClN2O. The van der Waals surface area contributed by atoms with Gasteiger partial charge in [0.25, 0.3) is 5.91 Å². The molecule has 0 unspecified atom stereocenters. The maximum Gasteiger partial charge on any atom is 0.264 e. The predicted molar refractivity (Wildman–Crippen MR) is 113 cm³/mol. The molecule has 1 aliphatic carbocycles. The minimum Gasteiger partial charge on any atom is -0.268 e. The molecule has 0 amide bonds. The lowest BCUT2D eigenvalue weighted by atomic mass is 9.88. The standard InChI is InChI=1S/C24H19ClN2O/c25-18-13-14-22-21(15-18)26-23(27(22)24(28)17-8-2-1-3-9-17)20-12-6-10-16-7-4-5-11-19(16)20/h1-3,6,8-10,12-15H,4-5,7,11H2. The maximum absolute atomic E-state index is 13.5. The summed E-state index contributed by atoms with van der Waals surface area (Å²) in [6.45, 7) is 0. The Hall–Kier alpha value is -2.91. The van der Waals surface area contributed by atoms with E-state index in [0.717, 1.165) is 29.4 Å². The third kappa shape index (κ3) is 2.83. The third-order valence-electron chi connectivity index (χ3n) is 5.48. The first-order valence-corrected chi connectivity index (χ1v) is 9.99. The van der Waals surface area contributed by atoms with Crippen LogP contribution in [0.3, 0.4) is 0 Å². The second kappa shape index (κ2) is 6.92. The van der Waals surface area contributed by atoms with Crippen molar-refractivity contribution in [2.24, 2.45) is 0 Å². The number of rotatable bonds is 2. The van der Waals surface area contributed by atoms with E-state index in [9.17, 15) is 4.79 Å². The second-order valence-electron chi connectivity index (χ2n) is 7.23. The molecule has 0 bridgehead atoms. The zero-order chi connectivity index (χ0) is 19.1. The van der Waals surface area contributed by atoms with E-state index >= 15 is 0 Å². The molecule has 5 rings (SSSR count). The van der Waals surface area contributed by atoms with Gasteiger partial charge in [-0.1, -0.05) is 48.0 Å². The van der Waals surface area contributed by atoms with E-state index in [-0.39, 0.29) is 5.91 Å². The largest absolute Gasteiger partial charge is 0.268 e. The third-order valence-corrected chi connectivity index (χ3v) is 5.71. The Kier molecular flexibility index (Phi) is 4.25. The van der Waals surface area contributed by atoms with Gasteiger partial charge in [-0.15, -0.1) is 0 Å². The minimum atomic E-state index is -0.0752. The Morgan fingerprint density at radius 3 is 2.61 bits per heavy atom. The van der Waals surface area contributed by atoms with Gasteiger partial charge >= 0.3 is 0 Å². The van der Waals surface area contributed by atoms with Gasteiger partial charge in [0.2, 0.25) is 0 Å². The normalized spacial score (nSPS) is 13.5. The molecule has 0 spiro atoms. The van der Waals surface area contributed by atoms with E-state index in [1.165, 1.54) is 24.0 Å². The fourth-order valence-electron chi connectivity index (χ4n) is 4.14. The van der Waals surface area contributed by atoms with Gasteiger partial charge in [-0.2, -0.15) is 0 Å². The molecule has 0 radical (unpaired) electrons. The molecule has 138 valence electrons. The average Bonchev–Trinajstić information content (AvgIpc) is 3.11. The zero-order valence-corrected chi connectivity index (χ0v) is 16.1. The molecule has 3 nitrogen and oxygen atoms in total. The van der Waals surface area contributed by atoms with E-state index in [4.69, 9.17) is 16.6 Å². The lowest BCUT2D eigenvalue weighted by Crippen LogP contribution is -2.14. The molecule has 4 heteroatoms. The summed E-state index contributed by atoms with van der Waals surface area (Å²) < 4.78 is 1.74. The number of fused-ring (bicyclic) bond motifs is 2. The van der Waals surface area contributed by atoms with Crippen LogP contribution >= 0.6 is 11.6 Å². The molecule has 0 N–H and O–H groups in total. The molecule has 0 saturated heterocycles. The first kappa shape index (κ1) is 17.2. The van der Waals surface area contributed by atoms with Crippen LogP contribution in [0.15, 0.2) is 66.7 Å². The lowest BCUT2D eigenvalue weighted by Gasteiger charge is -2.19. The van der Waals surface area contributed by atoms with Crippen molar-refractivity contribution >= 4 is 28.5 Å². The zero-order valence-electron chi connectivity index (χ0n) is 15.4. The number of aromatic nitrogens is 2. The van der Waals surface area contributed by atoms with Crippen molar-refractivity contribution in [1.29, 1.82) is 0 Å². The van der Waals surface area contributed by atoms with Crippen molar-refractivity contribution in [3.8, 4) is 11.4 Å². The van der Waals surface area contributed by atoms with Crippen LogP contribution in [-0.2, 0) is 12.8 Å². The van der Waals surface area contributed by atoms with Gasteiger partial charge in [-0.05, 0) is 67.1 Å². The average molecular weight is 387 g/mol. The summed E-state index contributed by atoms with van der Waals surface area (Å²) in [5, 5.41) is 0.617. The Morgan fingerprint density at radius 1 is 0.929 bits per heavy atom. The highest BCUT2D eigenvalue weighted by Crippen LogP contribution is 2.34. The first-order valence-electron chi connectivity index (χ1n) is 9.61. The van der Waals surface area contributed by atoms with Crippen LogP contribution in [-0.4, -0.2) is 15.5 Å². The number of halogens is 1. The molecule has 0 aliphatic heterocycles. The number of benzene rings is 3. The summed E-state index contributed by atoms with van der Waals surface area (Å²) in [5.74, 6) is 0.624. The van der Waals surface area contributed by atoms with Crippen molar-refractivity contribution in [3.05, 3.63) is 88.4 Å². The maximum atomic E-state index is 13.5. The van der Waals surface area contributed by atoms with Crippen molar-refractivity contribution in [1.82, 2.24) is 9.55 Å². The molecule has 0 saturated carbocycles. The van der Waals surface area contributed by atoms with Crippen LogP contribution in [0.25, 0.3) is 22.4 Å². The molecular weight excluding hydrogens is 368 g/mol. The van der Waals surface area contributed by atoms with Gasteiger partial charge in [0.05, 0.1) is 11.0 Å². The van der Waals surface area contributed by atoms with Crippen LogP contribution in [0.5, 0.6) is 0 Å². The summed E-state index contributed by atoms with van der Waals surface area (Å²) in [4.78, 5) is 18.3. The summed E-state index contributed by atoms with van der Waals surface area (Å²) in [5.41, 5.74) is 5.89. The molecule has 0 atom stereocenters. The Bertz CT molecular complexity index is 1190. The lowest BCUT2D eigenvalue weighted by molar-refractivity contribution is 0.0966. The summed E-state index contributed by atoms with van der Waals surface area (Å²) in [6, 6.07) is 21.2. The fourth-order valence-corrected chi connectivity index (χ4v) is 4.31. The van der Waals surface area contributed by atoms with Crippen LogP contribution in [0.4, 0.5) is 0 Å². The highest BCUT2D eigenvalue weighted by molar-refractivity contribution is 6.31. The van der Waals surface area contributed by atoms with Gasteiger partial charge in [0.15, 0.2) is 0 Å². The van der Waals surface area contributed by atoms with Gasteiger partial charge in [0, 0.05) is 16.1 Å². The van der Waals surface area contributed by atoms with Gasteiger partial charge in [-0.3, -0.25) is 9.36 Å². The monoisotopic (exact) mass is 386 g/mol. The fraction of sp³-hybridized carbons (Fsp3) is 0.167. The van der Waals surface area contributed by atoms with Gasteiger partial charge < -0.3 is 0 Å². The molecule has 1 aromatic heterocycles. The Morgan fingerprint density at radius 2 is 1.75 bits per heavy atom. The van der Waals surface area contributed by atoms with Crippen LogP contribution < -0.4 is 0 Å². The van der Waals surface area contributed by atoms with Crippen molar-refractivity contribution in [3.63, 3.8) is 0 Å². The topological polar surface area (TPSA) is 34.9 Å². The number of imidazole rings is 1. The SMILES string of the molecule is O=C(c1ccccc1)n1c(-c2cccc3c2CCCC3)nc2cc(Cl)ccc21. The summed E-state index contributed by atoms with van der Waals surface area (Å²) in [7, 11) is 0. The molecule has 4 aromatic rings. The number of nitrogens with zero attached hydrogens (tertiary/aromatic N) is 2. The number of hydrogen-bond acceptors (Lipinski definition) is 2. The predicted octanol–water partition coefficient (Wildman–Crippen LogP) is 5.92. The first-order chi connectivity index (χ1) is 13.7. The van der Waals surface area contributed by atoms with Crippen LogP contribution in [0.1, 0.15) is 34.3 Å². The van der Waals surface area contributed by atoms with Crippen LogP contribution in [0.2, 0.25) is 5.02 Å². The van der Waals surface area contributed by atoms with E-state index in [1.54, 1.807) is 4.57 Å². The number of carbonyl (C=O) groups excluding carboxylic acids is 1. The highest BCUT2D eigenvalue weighted by Gasteiger charge is 2.23. The van der Waals surface area contributed by atoms with Crippen LogP contribution in [0, 0.1) is 0 Å². The Balaban J connectivity index is 1.79. The van der Waals surface area contributed by atoms with Gasteiger partial charge in [-0.25, -0.2) is 4.98 Å². The van der Waals surface area contributed by atoms with Crippen molar-refractivity contribution in [2.45, 2.75) is 25.7 Å². The smallest absolute Gasteiger partial charge is 0.264 e. The highest BCUT2D eigenvalue weighted by atomic mass is 35.5. The molecule has 28 heavy (non-hydrogen) atoms. The molecule has 0 fully saturated rings. The van der Waals surface area contributed by atoms with E-state index in [0.29, 0.717) is 16.4 Å². The quantitative estimate of drug-likeness (QED) is 0.428. The number of hydrogen-bond donors (Lipinski definition) is 0. The molecule has 3 aromatic carbocycles. The summed E-state index contributed by atoms with van der Waals surface area (Å²) in [6.07, 6.45) is 4.49. The molecule has 1 aliphatic rings. The minimum absolute atomic E-state index is 0.0752. The second-order valence-corrected chi connectivity index (χ2v) is 7.66. The van der Waals surface area contributed by atoms with E-state index in [1.807, 2.05) is 48.5 Å². The van der Waals surface area contributed by atoms with E-state index in [2.05, 4.69) is 18.2 Å². The number of aryl methyl sites for hydroxylation is 1. The molecule has 1 heterocycles. The Labute approximate surface area is 168 Å².